The van der Waals surface area contributed by atoms with Gasteiger partial charge in [0.05, 0.1) is 6.04 Å². The Balaban J connectivity index is 0.00000289. The standard InChI is InChI=1S/C10H16N4O3.ClH/c1-6(7-4-12-5-13-7)9(10(16)17)14-8(15)2-3-11;/h4-7,9H,2-3,11H2,1H3,(H,14,15)(H,16,17);1H/t6?,7?,9-;/m0./s1. The molecular weight excluding hydrogens is 260 g/mol. The SMILES string of the molecule is CC(C1C=NC=N1)[C@H](NC(=O)CCN)C(=O)O.Cl. The van der Waals surface area contributed by atoms with Crippen LogP contribution in [0.3, 0.4) is 0 Å². The van der Waals surface area contributed by atoms with Gasteiger partial charge in [-0.25, -0.2) is 9.79 Å². The van der Waals surface area contributed by atoms with Crippen LogP contribution in [0.15, 0.2) is 9.98 Å². The highest BCUT2D eigenvalue weighted by Gasteiger charge is 2.31. The summed E-state index contributed by atoms with van der Waals surface area (Å²) < 4.78 is 0. The topological polar surface area (TPSA) is 117 Å². The molecule has 0 aromatic rings. The van der Waals surface area contributed by atoms with Gasteiger partial charge in [-0.3, -0.25) is 9.79 Å². The predicted molar refractivity (Wildman–Crippen MR) is 70.4 cm³/mol. The van der Waals surface area contributed by atoms with Gasteiger partial charge in [-0.15, -0.1) is 12.4 Å². The number of aliphatic carboxylic acids is 1. The van der Waals surface area contributed by atoms with Gasteiger partial charge in [0.1, 0.15) is 12.4 Å². The molecule has 1 aliphatic heterocycles. The highest BCUT2D eigenvalue weighted by Crippen LogP contribution is 2.13. The fourth-order valence-corrected chi connectivity index (χ4v) is 1.54. The van der Waals surface area contributed by atoms with E-state index in [9.17, 15) is 9.59 Å². The van der Waals surface area contributed by atoms with Crippen molar-refractivity contribution in [3.05, 3.63) is 0 Å². The third-order valence-corrected chi connectivity index (χ3v) is 2.56. The van der Waals surface area contributed by atoms with E-state index in [2.05, 4.69) is 15.3 Å². The summed E-state index contributed by atoms with van der Waals surface area (Å²) in [6.07, 6.45) is 3.05. The first-order valence-electron chi connectivity index (χ1n) is 5.33. The molecule has 1 amide bonds. The van der Waals surface area contributed by atoms with Crippen LogP contribution >= 0.6 is 12.4 Å². The molecule has 0 aromatic carbocycles. The molecule has 0 aromatic heterocycles. The van der Waals surface area contributed by atoms with Gasteiger partial charge in [0.2, 0.25) is 5.91 Å². The van der Waals surface area contributed by atoms with Crippen molar-refractivity contribution in [2.24, 2.45) is 21.6 Å². The molecule has 4 N–H and O–H groups in total. The first-order valence-corrected chi connectivity index (χ1v) is 5.33. The van der Waals surface area contributed by atoms with Gasteiger partial charge in [0, 0.05) is 25.1 Å². The molecule has 2 unspecified atom stereocenters. The highest BCUT2D eigenvalue weighted by atomic mass is 35.5. The molecule has 0 radical (unpaired) electrons. The smallest absolute Gasteiger partial charge is 0.326 e. The lowest BCUT2D eigenvalue weighted by Gasteiger charge is -2.23. The molecule has 0 aliphatic carbocycles. The van der Waals surface area contributed by atoms with Crippen molar-refractivity contribution < 1.29 is 14.7 Å². The highest BCUT2D eigenvalue weighted by molar-refractivity contribution is 5.86. The minimum atomic E-state index is -1.08. The van der Waals surface area contributed by atoms with Crippen molar-refractivity contribution in [2.75, 3.05) is 6.54 Å². The number of carbonyl (C=O) groups excluding carboxylic acids is 1. The minimum absolute atomic E-state index is 0. The summed E-state index contributed by atoms with van der Waals surface area (Å²) in [6, 6.07) is -1.30. The Labute approximate surface area is 111 Å². The molecule has 1 aliphatic rings. The number of carboxylic acids is 1. The van der Waals surface area contributed by atoms with Crippen LogP contribution in [0, 0.1) is 5.92 Å². The van der Waals surface area contributed by atoms with E-state index < -0.39 is 12.0 Å². The summed E-state index contributed by atoms with van der Waals surface area (Å²) in [6.45, 7) is 1.90. The van der Waals surface area contributed by atoms with Crippen LogP contribution in [0.4, 0.5) is 0 Å². The van der Waals surface area contributed by atoms with Crippen molar-refractivity contribution in [1.82, 2.24) is 5.32 Å². The number of carboxylic acid groups (broad SMARTS) is 1. The Morgan fingerprint density at radius 2 is 2.22 bits per heavy atom. The summed E-state index contributed by atoms with van der Waals surface area (Å²) in [5, 5.41) is 11.5. The van der Waals surface area contributed by atoms with E-state index in [1.807, 2.05) is 0 Å². The molecule has 3 atom stereocenters. The van der Waals surface area contributed by atoms with E-state index >= 15 is 0 Å². The lowest BCUT2D eigenvalue weighted by molar-refractivity contribution is -0.143. The average molecular weight is 277 g/mol. The van der Waals surface area contributed by atoms with E-state index in [0.717, 1.165) is 0 Å². The van der Waals surface area contributed by atoms with E-state index in [0.29, 0.717) is 0 Å². The van der Waals surface area contributed by atoms with E-state index in [-0.39, 0.29) is 43.2 Å². The molecular formula is C10H17ClN4O3. The van der Waals surface area contributed by atoms with Gasteiger partial charge >= 0.3 is 5.97 Å². The van der Waals surface area contributed by atoms with Crippen molar-refractivity contribution in [2.45, 2.75) is 25.4 Å². The van der Waals surface area contributed by atoms with E-state index in [1.165, 1.54) is 6.34 Å². The second-order valence-electron chi connectivity index (χ2n) is 3.83. The van der Waals surface area contributed by atoms with Gasteiger partial charge in [-0.1, -0.05) is 6.92 Å². The molecule has 0 spiro atoms. The van der Waals surface area contributed by atoms with Gasteiger partial charge in [-0.2, -0.15) is 0 Å². The van der Waals surface area contributed by atoms with Crippen LogP contribution in [0.2, 0.25) is 0 Å². The zero-order valence-electron chi connectivity index (χ0n) is 9.94. The van der Waals surface area contributed by atoms with E-state index in [4.69, 9.17) is 10.8 Å². The van der Waals surface area contributed by atoms with Crippen LogP contribution in [0.25, 0.3) is 0 Å². The zero-order chi connectivity index (χ0) is 12.8. The number of hydrogen-bond donors (Lipinski definition) is 3. The van der Waals surface area contributed by atoms with Crippen LogP contribution in [-0.2, 0) is 9.59 Å². The Bertz CT molecular complexity index is 347. The monoisotopic (exact) mass is 276 g/mol. The maximum absolute atomic E-state index is 11.4. The predicted octanol–water partition coefficient (Wildman–Crippen LogP) is -0.556. The van der Waals surface area contributed by atoms with Gasteiger partial charge < -0.3 is 16.2 Å². The van der Waals surface area contributed by atoms with Gasteiger partial charge in [0.15, 0.2) is 0 Å². The van der Waals surface area contributed by atoms with E-state index in [1.54, 1.807) is 13.1 Å². The normalized spacial score (nSPS) is 20.0. The number of halogens is 1. The molecule has 0 fully saturated rings. The number of nitrogens with zero attached hydrogens (tertiary/aromatic N) is 2. The Morgan fingerprint density at radius 3 is 2.67 bits per heavy atom. The molecule has 18 heavy (non-hydrogen) atoms. The van der Waals surface area contributed by atoms with Crippen LogP contribution in [-0.4, -0.2) is 48.2 Å². The second-order valence-corrected chi connectivity index (χ2v) is 3.83. The van der Waals surface area contributed by atoms with Crippen LogP contribution in [0.1, 0.15) is 13.3 Å². The molecule has 0 saturated carbocycles. The van der Waals surface area contributed by atoms with Gasteiger partial charge in [-0.05, 0) is 0 Å². The summed E-state index contributed by atoms with van der Waals surface area (Å²) in [5.41, 5.74) is 5.23. The average Bonchev–Trinajstić information content (AvgIpc) is 2.78. The summed E-state index contributed by atoms with van der Waals surface area (Å²) in [4.78, 5) is 30.3. The molecule has 1 heterocycles. The van der Waals surface area contributed by atoms with Crippen molar-refractivity contribution in [1.29, 1.82) is 0 Å². The first kappa shape index (κ1) is 16.5. The van der Waals surface area contributed by atoms with Crippen LogP contribution < -0.4 is 11.1 Å². The lowest BCUT2D eigenvalue weighted by Crippen LogP contribution is -2.48. The fraction of sp³-hybridized carbons (Fsp3) is 0.600. The number of nitrogens with two attached hydrogens (primary N) is 1. The summed E-state index contributed by atoms with van der Waals surface area (Å²) in [5.74, 6) is -1.82. The maximum atomic E-state index is 11.4. The lowest BCUT2D eigenvalue weighted by atomic mass is 9.94. The Hall–Kier alpha value is -1.47. The quantitative estimate of drug-likeness (QED) is 0.603. The third kappa shape index (κ3) is 4.42. The third-order valence-electron chi connectivity index (χ3n) is 2.56. The number of rotatable bonds is 6. The van der Waals surface area contributed by atoms with Crippen molar-refractivity contribution in [3.8, 4) is 0 Å². The van der Waals surface area contributed by atoms with Crippen LogP contribution in [0.5, 0.6) is 0 Å². The zero-order valence-corrected chi connectivity index (χ0v) is 10.8. The van der Waals surface area contributed by atoms with Crippen molar-refractivity contribution >= 4 is 36.8 Å². The number of carbonyl (C=O) groups is 2. The molecule has 0 saturated heterocycles. The molecule has 7 nitrogen and oxygen atoms in total. The van der Waals surface area contributed by atoms with Gasteiger partial charge in [0.25, 0.3) is 0 Å². The summed E-state index contributed by atoms with van der Waals surface area (Å²) >= 11 is 0. The Morgan fingerprint density at radius 1 is 1.56 bits per heavy atom. The number of aliphatic imine (C=N–C) groups is 2. The Kier molecular flexibility index (Phi) is 7.14. The molecule has 8 heteroatoms. The van der Waals surface area contributed by atoms with Crippen molar-refractivity contribution in [3.63, 3.8) is 0 Å². The minimum Gasteiger partial charge on any atom is -0.480 e. The summed E-state index contributed by atoms with van der Waals surface area (Å²) in [7, 11) is 0. The molecule has 0 bridgehead atoms. The molecule has 102 valence electrons. The fourth-order valence-electron chi connectivity index (χ4n) is 1.54. The largest absolute Gasteiger partial charge is 0.480 e. The second kappa shape index (κ2) is 7.78. The first-order chi connectivity index (χ1) is 8.06. The number of nitrogens with one attached hydrogen (secondary N) is 1. The maximum Gasteiger partial charge on any atom is 0.326 e. The molecule has 1 rings (SSSR count). The number of amides is 1. The number of hydrogen-bond acceptors (Lipinski definition) is 5.